The smallest absolute Gasteiger partial charge is 0.417 e. The molecule has 1 unspecified atom stereocenters. The van der Waals surface area contributed by atoms with Crippen LogP contribution in [0.15, 0.2) is 42.6 Å². The molecule has 1 aliphatic rings. The number of aromatic nitrogens is 1. The lowest BCUT2D eigenvalue weighted by molar-refractivity contribution is -0.137. The second-order valence-electron chi connectivity index (χ2n) is 6.12. The number of halogens is 5. The highest BCUT2D eigenvalue weighted by Gasteiger charge is 2.30. The van der Waals surface area contributed by atoms with Crippen molar-refractivity contribution >= 4 is 30.7 Å². The standard InChI is InChI=1S/C18H18F3N3O2.2ClH/c1-12-11-24(9-8-22-12)17(25)13-2-5-15(6-3-13)26-16-7-4-14(10-23-16)18(19,20)21;;/h2-7,10,12,22H,8-9,11H2,1H3;2*1H. The summed E-state index contributed by atoms with van der Waals surface area (Å²) in [5.74, 6) is 0.382. The maximum atomic E-state index is 12.5. The molecular weight excluding hydrogens is 418 g/mol. The fourth-order valence-electron chi connectivity index (χ4n) is 2.69. The van der Waals surface area contributed by atoms with Crippen LogP contribution >= 0.6 is 24.8 Å². The van der Waals surface area contributed by atoms with Gasteiger partial charge in [0, 0.05) is 43.5 Å². The Morgan fingerprint density at radius 1 is 1.18 bits per heavy atom. The zero-order valence-electron chi connectivity index (χ0n) is 14.9. The number of hydrogen-bond donors (Lipinski definition) is 1. The Hall–Kier alpha value is -2.03. The fraction of sp³-hybridized carbons (Fsp3) is 0.333. The topological polar surface area (TPSA) is 54.5 Å². The molecule has 1 aromatic heterocycles. The molecule has 1 atom stereocenters. The fourth-order valence-corrected chi connectivity index (χ4v) is 2.69. The van der Waals surface area contributed by atoms with E-state index < -0.39 is 11.7 Å². The third kappa shape index (κ3) is 5.98. The molecule has 154 valence electrons. The van der Waals surface area contributed by atoms with E-state index in [1.54, 1.807) is 29.2 Å². The molecule has 1 amide bonds. The van der Waals surface area contributed by atoms with E-state index in [0.717, 1.165) is 24.9 Å². The molecule has 1 fully saturated rings. The number of benzene rings is 1. The predicted octanol–water partition coefficient (Wildman–Crippen LogP) is 4.17. The van der Waals surface area contributed by atoms with Crippen LogP contribution in [0.1, 0.15) is 22.8 Å². The molecule has 10 heteroatoms. The molecule has 0 aliphatic carbocycles. The maximum Gasteiger partial charge on any atom is 0.417 e. The highest BCUT2D eigenvalue weighted by atomic mass is 35.5. The molecule has 3 rings (SSSR count). The van der Waals surface area contributed by atoms with Gasteiger partial charge in [0.15, 0.2) is 0 Å². The van der Waals surface area contributed by atoms with Gasteiger partial charge in [0.2, 0.25) is 5.88 Å². The summed E-state index contributed by atoms with van der Waals surface area (Å²) >= 11 is 0. The van der Waals surface area contributed by atoms with Crippen molar-refractivity contribution in [1.29, 1.82) is 0 Å². The molecule has 2 aromatic rings. The number of pyridine rings is 1. The van der Waals surface area contributed by atoms with E-state index in [9.17, 15) is 18.0 Å². The third-order valence-electron chi connectivity index (χ3n) is 4.04. The Balaban J connectivity index is 0.00000196. The zero-order chi connectivity index (χ0) is 18.7. The van der Waals surface area contributed by atoms with Crippen LogP contribution in [-0.2, 0) is 6.18 Å². The van der Waals surface area contributed by atoms with Crippen molar-refractivity contribution < 1.29 is 22.7 Å². The van der Waals surface area contributed by atoms with Crippen molar-refractivity contribution in [3.8, 4) is 11.6 Å². The summed E-state index contributed by atoms with van der Waals surface area (Å²) in [7, 11) is 0. The normalized spacial score (nSPS) is 16.6. The Bertz CT molecular complexity index is 771. The summed E-state index contributed by atoms with van der Waals surface area (Å²) in [6, 6.07) is 8.77. The van der Waals surface area contributed by atoms with Gasteiger partial charge in [0.1, 0.15) is 5.75 Å². The number of ether oxygens (including phenoxy) is 1. The summed E-state index contributed by atoms with van der Waals surface area (Å²) in [6.07, 6.45) is -3.71. The first-order chi connectivity index (χ1) is 12.3. The average molecular weight is 438 g/mol. The minimum absolute atomic E-state index is 0. The minimum Gasteiger partial charge on any atom is -0.439 e. The second-order valence-corrected chi connectivity index (χ2v) is 6.12. The van der Waals surface area contributed by atoms with Gasteiger partial charge in [-0.25, -0.2) is 4.98 Å². The van der Waals surface area contributed by atoms with Gasteiger partial charge in [0.05, 0.1) is 5.56 Å². The number of rotatable bonds is 3. The van der Waals surface area contributed by atoms with Crippen molar-refractivity contribution in [2.24, 2.45) is 0 Å². The number of piperazine rings is 1. The zero-order valence-corrected chi connectivity index (χ0v) is 16.5. The second kappa shape index (κ2) is 9.95. The van der Waals surface area contributed by atoms with Gasteiger partial charge < -0.3 is 15.0 Å². The van der Waals surface area contributed by atoms with Crippen LogP contribution in [-0.4, -0.2) is 41.5 Å². The number of carbonyl (C=O) groups excluding carboxylic acids is 1. The Labute approximate surface area is 173 Å². The largest absolute Gasteiger partial charge is 0.439 e. The SMILES string of the molecule is CC1CN(C(=O)c2ccc(Oc3ccc(C(F)(F)F)cn3)cc2)CCN1.Cl.Cl. The van der Waals surface area contributed by atoms with Gasteiger partial charge in [-0.05, 0) is 37.3 Å². The summed E-state index contributed by atoms with van der Waals surface area (Å²) in [6.45, 7) is 4.07. The van der Waals surface area contributed by atoms with Crippen LogP contribution in [0.2, 0.25) is 0 Å². The lowest BCUT2D eigenvalue weighted by Crippen LogP contribution is -2.51. The molecule has 1 saturated heterocycles. The molecule has 1 aromatic carbocycles. The van der Waals surface area contributed by atoms with Crippen molar-refractivity contribution in [1.82, 2.24) is 15.2 Å². The van der Waals surface area contributed by atoms with Gasteiger partial charge >= 0.3 is 6.18 Å². The van der Waals surface area contributed by atoms with E-state index in [2.05, 4.69) is 10.3 Å². The van der Waals surface area contributed by atoms with Crippen molar-refractivity contribution in [2.45, 2.75) is 19.1 Å². The molecule has 28 heavy (non-hydrogen) atoms. The van der Waals surface area contributed by atoms with Crippen molar-refractivity contribution in [3.63, 3.8) is 0 Å². The first kappa shape index (κ1) is 24.0. The lowest BCUT2D eigenvalue weighted by atomic mass is 10.1. The van der Waals surface area contributed by atoms with Gasteiger partial charge in [0.25, 0.3) is 5.91 Å². The number of nitrogens with one attached hydrogen (secondary N) is 1. The maximum absolute atomic E-state index is 12.5. The van der Waals surface area contributed by atoms with E-state index in [1.165, 1.54) is 0 Å². The molecule has 0 spiro atoms. The highest BCUT2D eigenvalue weighted by Crippen LogP contribution is 2.30. The summed E-state index contributed by atoms with van der Waals surface area (Å²) in [5, 5.41) is 3.28. The molecule has 1 aliphatic heterocycles. The molecule has 5 nitrogen and oxygen atoms in total. The van der Waals surface area contributed by atoms with Gasteiger partial charge in [-0.2, -0.15) is 13.2 Å². The molecule has 1 N–H and O–H groups in total. The van der Waals surface area contributed by atoms with Crippen LogP contribution in [0.5, 0.6) is 11.6 Å². The Kier molecular flexibility index (Phi) is 8.53. The van der Waals surface area contributed by atoms with Crippen LogP contribution in [0, 0.1) is 0 Å². The summed E-state index contributed by atoms with van der Waals surface area (Å²) in [5.41, 5.74) is -0.303. The predicted molar refractivity (Wildman–Crippen MR) is 104 cm³/mol. The highest BCUT2D eigenvalue weighted by molar-refractivity contribution is 5.94. The van der Waals surface area contributed by atoms with E-state index in [1.807, 2.05) is 6.92 Å². The van der Waals surface area contributed by atoms with Crippen molar-refractivity contribution in [2.75, 3.05) is 19.6 Å². The number of hydrogen-bond acceptors (Lipinski definition) is 4. The van der Waals surface area contributed by atoms with Crippen LogP contribution in [0.3, 0.4) is 0 Å². The van der Waals surface area contributed by atoms with E-state index >= 15 is 0 Å². The lowest BCUT2D eigenvalue weighted by Gasteiger charge is -2.32. The van der Waals surface area contributed by atoms with E-state index in [4.69, 9.17) is 4.74 Å². The molecular formula is C18H20Cl2F3N3O2. The minimum atomic E-state index is -4.44. The average Bonchev–Trinajstić information content (AvgIpc) is 2.61. The first-order valence-corrected chi connectivity index (χ1v) is 8.17. The quantitative estimate of drug-likeness (QED) is 0.782. The van der Waals surface area contributed by atoms with Crippen LogP contribution in [0.25, 0.3) is 0 Å². The third-order valence-corrected chi connectivity index (χ3v) is 4.04. The molecule has 2 heterocycles. The summed E-state index contributed by atoms with van der Waals surface area (Å²) < 4.78 is 43.0. The van der Waals surface area contributed by atoms with E-state index in [-0.39, 0.29) is 42.6 Å². The number of alkyl halides is 3. The molecule has 0 bridgehead atoms. The number of amides is 1. The monoisotopic (exact) mass is 437 g/mol. The van der Waals surface area contributed by atoms with Crippen LogP contribution < -0.4 is 10.1 Å². The Morgan fingerprint density at radius 3 is 2.39 bits per heavy atom. The number of nitrogens with zero attached hydrogens (tertiary/aromatic N) is 2. The number of carbonyl (C=O) groups is 1. The summed E-state index contributed by atoms with van der Waals surface area (Å²) in [4.78, 5) is 17.9. The van der Waals surface area contributed by atoms with Crippen LogP contribution in [0.4, 0.5) is 13.2 Å². The van der Waals surface area contributed by atoms with Crippen molar-refractivity contribution in [3.05, 3.63) is 53.7 Å². The van der Waals surface area contributed by atoms with E-state index in [0.29, 0.717) is 24.4 Å². The Morgan fingerprint density at radius 2 is 1.86 bits per heavy atom. The molecule has 0 saturated carbocycles. The van der Waals surface area contributed by atoms with Gasteiger partial charge in [-0.3, -0.25) is 4.79 Å². The van der Waals surface area contributed by atoms with Gasteiger partial charge in [-0.1, -0.05) is 0 Å². The van der Waals surface area contributed by atoms with Gasteiger partial charge in [-0.15, -0.1) is 24.8 Å². The first-order valence-electron chi connectivity index (χ1n) is 8.17. The molecule has 0 radical (unpaired) electrons.